The number of nitrogens with zero attached hydrogens (tertiary/aromatic N) is 2. The van der Waals surface area contributed by atoms with Crippen LogP contribution in [0.25, 0.3) is 0 Å². The molecule has 4 nitrogen and oxygen atoms in total. The van der Waals surface area contributed by atoms with Gasteiger partial charge in [-0.3, -0.25) is 0 Å². The zero-order valence-electron chi connectivity index (χ0n) is 10.6. The van der Waals surface area contributed by atoms with E-state index in [9.17, 15) is 0 Å². The van der Waals surface area contributed by atoms with Crippen LogP contribution in [0.5, 0.6) is 11.6 Å². The number of ether oxygens (including phenoxy) is 2. The van der Waals surface area contributed by atoms with Crippen LogP contribution in [-0.4, -0.2) is 16.6 Å². The maximum atomic E-state index is 6.06. The molecular weight excluding hydrogens is 367 g/mol. The average molecular weight is 378 g/mol. The van der Waals surface area contributed by atoms with Gasteiger partial charge in [0.05, 0.1) is 5.02 Å². The molecule has 20 heavy (non-hydrogen) atoms. The second-order valence-corrected chi connectivity index (χ2v) is 5.47. The standard InChI is InChI=1S/C13H11BrCl2N2O2/c1-2-19-7-12-17-11(16)6-13(18-12)20-10-5-8(14)3-4-9(10)15/h3-6H,2,7H2,1H3. The summed E-state index contributed by atoms with van der Waals surface area (Å²) >= 11 is 15.4. The third-order valence-electron chi connectivity index (χ3n) is 2.26. The Hall–Kier alpha value is -0.880. The van der Waals surface area contributed by atoms with Crippen molar-refractivity contribution in [1.82, 2.24) is 9.97 Å². The zero-order chi connectivity index (χ0) is 14.5. The molecule has 7 heteroatoms. The highest BCUT2D eigenvalue weighted by Gasteiger charge is 2.08. The molecule has 0 N–H and O–H groups in total. The van der Waals surface area contributed by atoms with Gasteiger partial charge in [-0.25, -0.2) is 4.98 Å². The van der Waals surface area contributed by atoms with E-state index in [0.29, 0.717) is 29.1 Å². The molecule has 0 aliphatic carbocycles. The summed E-state index contributed by atoms with van der Waals surface area (Å²) in [5.74, 6) is 1.26. The molecule has 0 unspecified atom stereocenters. The van der Waals surface area contributed by atoms with Crippen molar-refractivity contribution in [3.8, 4) is 11.6 Å². The monoisotopic (exact) mass is 376 g/mol. The predicted octanol–water partition coefficient (Wildman–Crippen LogP) is 4.87. The van der Waals surface area contributed by atoms with Gasteiger partial charge in [-0.1, -0.05) is 39.1 Å². The first-order valence-electron chi connectivity index (χ1n) is 5.82. The molecule has 0 atom stereocenters. The summed E-state index contributed by atoms with van der Waals surface area (Å²) in [4.78, 5) is 8.28. The van der Waals surface area contributed by atoms with Crippen molar-refractivity contribution < 1.29 is 9.47 Å². The van der Waals surface area contributed by atoms with Gasteiger partial charge in [-0.15, -0.1) is 0 Å². The zero-order valence-corrected chi connectivity index (χ0v) is 13.7. The minimum Gasteiger partial charge on any atom is -0.437 e. The van der Waals surface area contributed by atoms with Crippen molar-refractivity contribution in [2.45, 2.75) is 13.5 Å². The van der Waals surface area contributed by atoms with E-state index in [4.69, 9.17) is 32.7 Å². The van der Waals surface area contributed by atoms with Crippen LogP contribution in [0.15, 0.2) is 28.7 Å². The van der Waals surface area contributed by atoms with Crippen LogP contribution in [0.1, 0.15) is 12.7 Å². The lowest BCUT2D eigenvalue weighted by Gasteiger charge is -2.09. The van der Waals surface area contributed by atoms with E-state index in [0.717, 1.165) is 4.47 Å². The number of rotatable bonds is 5. The van der Waals surface area contributed by atoms with E-state index in [2.05, 4.69) is 25.9 Å². The molecule has 0 fully saturated rings. The van der Waals surface area contributed by atoms with Gasteiger partial charge in [0.25, 0.3) is 0 Å². The van der Waals surface area contributed by atoms with Gasteiger partial charge < -0.3 is 9.47 Å². The van der Waals surface area contributed by atoms with Crippen molar-refractivity contribution in [1.29, 1.82) is 0 Å². The van der Waals surface area contributed by atoms with Crippen LogP contribution in [0.3, 0.4) is 0 Å². The number of aromatic nitrogens is 2. The fourth-order valence-corrected chi connectivity index (χ4v) is 2.11. The predicted molar refractivity (Wildman–Crippen MR) is 81.6 cm³/mol. The van der Waals surface area contributed by atoms with Gasteiger partial charge in [0.1, 0.15) is 17.5 Å². The lowest BCUT2D eigenvalue weighted by atomic mass is 10.3. The number of benzene rings is 1. The molecule has 0 saturated heterocycles. The summed E-state index contributed by atoms with van der Waals surface area (Å²) in [6.07, 6.45) is 0. The maximum Gasteiger partial charge on any atom is 0.224 e. The van der Waals surface area contributed by atoms with E-state index in [1.807, 2.05) is 13.0 Å². The normalized spacial score (nSPS) is 10.6. The van der Waals surface area contributed by atoms with E-state index < -0.39 is 0 Å². The lowest BCUT2D eigenvalue weighted by molar-refractivity contribution is 0.128. The van der Waals surface area contributed by atoms with Gasteiger partial charge in [-0.05, 0) is 25.1 Å². The van der Waals surface area contributed by atoms with Crippen LogP contribution in [-0.2, 0) is 11.3 Å². The number of hydrogen-bond donors (Lipinski definition) is 0. The topological polar surface area (TPSA) is 44.2 Å². The quantitative estimate of drug-likeness (QED) is 0.697. The second-order valence-electron chi connectivity index (χ2n) is 3.76. The summed E-state index contributed by atoms with van der Waals surface area (Å²) in [7, 11) is 0. The van der Waals surface area contributed by atoms with Gasteiger partial charge in [0.2, 0.25) is 5.88 Å². The van der Waals surface area contributed by atoms with E-state index in [1.165, 1.54) is 6.07 Å². The minimum absolute atomic E-state index is 0.277. The molecule has 2 aromatic rings. The molecule has 2 rings (SSSR count). The fraction of sp³-hybridized carbons (Fsp3) is 0.231. The highest BCUT2D eigenvalue weighted by atomic mass is 79.9. The molecular formula is C13H11BrCl2N2O2. The van der Waals surface area contributed by atoms with Crippen LogP contribution in [0.2, 0.25) is 10.2 Å². The summed E-state index contributed by atoms with van der Waals surface area (Å²) in [5, 5.41) is 0.769. The van der Waals surface area contributed by atoms with Crippen LogP contribution >= 0.6 is 39.1 Å². The van der Waals surface area contributed by atoms with Gasteiger partial charge >= 0.3 is 0 Å². The SMILES string of the molecule is CCOCc1nc(Cl)cc(Oc2cc(Br)ccc2Cl)n1. The Balaban J connectivity index is 2.24. The van der Waals surface area contributed by atoms with Gasteiger partial charge in [-0.2, -0.15) is 4.98 Å². The van der Waals surface area contributed by atoms with Crippen LogP contribution in [0, 0.1) is 0 Å². The maximum absolute atomic E-state index is 6.06. The Labute approximate surface area is 135 Å². The van der Waals surface area contributed by atoms with Gasteiger partial charge in [0.15, 0.2) is 5.82 Å². The highest BCUT2D eigenvalue weighted by molar-refractivity contribution is 9.10. The summed E-state index contributed by atoms with van der Waals surface area (Å²) in [6.45, 7) is 2.74. The molecule has 0 bridgehead atoms. The Kier molecular flexibility index (Phi) is 5.60. The molecule has 0 spiro atoms. The third-order valence-corrected chi connectivity index (χ3v) is 3.26. The molecule has 1 heterocycles. The number of halogens is 3. The third kappa shape index (κ3) is 4.31. The minimum atomic E-state index is 0.277. The summed E-state index contributed by atoms with van der Waals surface area (Å²) in [5.41, 5.74) is 0. The van der Waals surface area contributed by atoms with Gasteiger partial charge in [0, 0.05) is 17.1 Å². The molecule has 0 aliphatic heterocycles. The molecule has 1 aromatic carbocycles. The van der Waals surface area contributed by atoms with Crippen molar-refractivity contribution in [3.63, 3.8) is 0 Å². The largest absolute Gasteiger partial charge is 0.437 e. The van der Waals surface area contributed by atoms with Crippen LogP contribution in [0.4, 0.5) is 0 Å². The van der Waals surface area contributed by atoms with Crippen molar-refractivity contribution in [2.75, 3.05) is 6.61 Å². The first-order chi connectivity index (χ1) is 9.58. The molecule has 1 aromatic heterocycles. The van der Waals surface area contributed by atoms with E-state index >= 15 is 0 Å². The average Bonchev–Trinajstić information content (AvgIpc) is 2.40. The Bertz CT molecular complexity index is 611. The fourth-order valence-electron chi connectivity index (χ4n) is 1.42. The Morgan fingerprint density at radius 3 is 2.75 bits per heavy atom. The summed E-state index contributed by atoms with van der Waals surface area (Å²) in [6, 6.07) is 6.82. The Morgan fingerprint density at radius 2 is 2.00 bits per heavy atom. The molecule has 0 saturated carbocycles. The smallest absolute Gasteiger partial charge is 0.224 e. The molecule has 0 amide bonds. The van der Waals surface area contributed by atoms with E-state index in [-0.39, 0.29) is 11.8 Å². The molecule has 106 valence electrons. The second kappa shape index (κ2) is 7.22. The molecule has 0 aliphatic rings. The Morgan fingerprint density at radius 1 is 1.20 bits per heavy atom. The van der Waals surface area contributed by atoms with Crippen LogP contribution < -0.4 is 4.74 Å². The molecule has 0 radical (unpaired) electrons. The van der Waals surface area contributed by atoms with E-state index in [1.54, 1.807) is 12.1 Å². The van der Waals surface area contributed by atoms with Crippen molar-refractivity contribution in [2.24, 2.45) is 0 Å². The summed E-state index contributed by atoms with van der Waals surface area (Å²) < 4.78 is 11.7. The first kappa shape index (κ1) is 15.5. The lowest BCUT2D eigenvalue weighted by Crippen LogP contribution is -2.01. The van der Waals surface area contributed by atoms with Crippen molar-refractivity contribution in [3.05, 3.63) is 44.7 Å². The van der Waals surface area contributed by atoms with Crippen molar-refractivity contribution >= 4 is 39.1 Å². The number of hydrogen-bond acceptors (Lipinski definition) is 4. The first-order valence-corrected chi connectivity index (χ1v) is 7.37. The highest BCUT2D eigenvalue weighted by Crippen LogP contribution is 2.31.